The van der Waals surface area contributed by atoms with Crippen LogP contribution in [0.25, 0.3) is 0 Å². The molecule has 2 rings (SSSR count). The van der Waals surface area contributed by atoms with Crippen LogP contribution >= 0.6 is 34.2 Å². The number of carbonyl (C=O) groups is 1. The molecule has 0 heterocycles. The topological polar surface area (TPSA) is 72.5 Å². The first kappa shape index (κ1) is 19.9. The Balaban J connectivity index is 2.48. The van der Waals surface area contributed by atoms with Gasteiger partial charge in [0.2, 0.25) is 10.0 Å². The molecule has 1 unspecified atom stereocenters. The van der Waals surface area contributed by atoms with E-state index in [1.54, 1.807) is 42.5 Å². The number of hydrogen-bond donors (Lipinski definition) is 1. The highest BCUT2D eigenvalue weighted by Crippen LogP contribution is 2.27. The van der Waals surface area contributed by atoms with Crippen LogP contribution in [0.15, 0.2) is 69.1 Å². The molecule has 0 aliphatic heterocycles. The van der Waals surface area contributed by atoms with Crippen molar-refractivity contribution in [1.29, 1.82) is 0 Å². The summed E-state index contributed by atoms with van der Waals surface area (Å²) in [7, 11) is -2.61. The largest absolute Gasteiger partial charge is 0.466 e. The number of esters is 1. The van der Waals surface area contributed by atoms with Crippen molar-refractivity contribution in [2.45, 2.75) is 10.9 Å². The van der Waals surface area contributed by atoms with Gasteiger partial charge in [-0.25, -0.2) is 13.2 Å². The van der Waals surface area contributed by atoms with Gasteiger partial charge in [-0.05, 0) is 33.9 Å². The SMILES string of the molecule is COC(=O)/C(=C\I)C(NS(=O)(=O)c1ccccc1)c1ccc(Cl)cc1. The van der Waals surface area contributed by atoms with Gasteiger partial charge in [0.15, 0.2) is 0 Å². The molecule has 1 atom stereocenters. The summed E-state index contributed by atoms with van der Waals surface area (Å²) >= 11 is 7.78. The Morgan fingerprint density at radius 1 is 1.16 bits per heavy atom. The van der Waals surface area contributed by atoms with E-state index < -0.39 is 22.0 Å². The average Bonchev–Trinajstić information content (AvgIpc) is 2.62. The van der Waals surface area contributed by atoms with Crippen molar-refractivity contribution in [3.63, 3.8) is 0 Å². The van der Waals surface area contributed by atoms with E-state index in [0.717, 1.165) is 0 Å². The van der Waals surface area contributed by atoms with Crippen LogP contribution in [-0.4, -0.2) is 21.5 Å². The number of hydrogen-bond acceptors (Lipinski definition) is 4. The Bertz CT molecular complexity index is 867. The fourth-order valence-corrected chi connectivity index (χ4v) is 4.10. The molecule has 25 heavy (non-hydrogen) atoms. The van der Waals surface area contributed by atoms with Crippen LogP contribution < -0.4 is 4.72 Å². The third-order valence-electron chi connectivity index (χ3n) is 3.38. The lowest BCUT2D eigenvalue weighted by atomic mass is 10.0. The van der Waals surface area contributed by atoms with E-state index in [4.69, 9.17) is 16.3 Å². The summed E-state index contributed by atoms with van der Waals surface area (Å²) in [6.45, 7) is 0. The summed E-state index contributed by atoms with van der Waals surface area (Å²) in [6, 6.07) is 13.6. The number of nitrogens with one attached hydrogen (secondary N) is 1. The summed E-state index contributed by atoms with van der Waals surface area (Å²) in [4.78, 5) is 12.2. The van der Waals surface area contributed by atoms with E-state index >= 15 is 0 Å². The Hall–Kier alpha value is -1.42. The lowest BCUT2D eigenvalue weighted by Gasteiger charge is -2.21. The summed E-state index contributed by atoms with van der Waals surface area (Å²) in [5.74, 6) is -0.620. The molecule has 0 fully saturated rings. The molecule has 0 saturated carbocycles. The van der Waals surface area contributed by atoms with Crippen molar-refractivity contribution >= 4 is 50.2 Å². The van der Waals surface area contributed by atoms with Crippen LogP contribution in [-0.2, 0) is 19.6 Å². The molecule has 132 valence electrons. The number of halogens is 2. The Morgan fingerprint density at radius 2 is 1.76 bits per heavy atom. The van der Waals surface area contributed by atoms with Gasteiger partial charge < -0.3 is 4.74 Å². The molecule has 0 aliphatic rings. The summed E-state index contributed by atoms with van der Waals surface area (Å²) in [5, 5.41) is 0.506. The minimum Gasteiger partial charge on any atom is -0.466 e. The molecule has 5 nitrogen and oxygen atoms in total. The molecule has 0 aliphatic carbocycles. The van der Waals surface area contributed by atoms with Crippen LogP contribution in [0.4, 0.5) is 0 Å². The predicted octanol–water partition coefficient (Wildman–Crippen LogP) is 3.85. The predicted molar refractivity (Wildman–Crippen MR) is 105 cm³/mol. The van der Waals surface area contributed by atoms with Crippen LogP contribution in [0.2, 0.25) is 5.02 Å². The van der Waals surface area contributed by atoms with E-state index in [1.807, 2.05) is 22.6 Å². The minimum atomic E-state index is -3.85. The van der Waals surface area contributed by atoms with Crippen LogP contribution in [0.5, 0.6) is 0 Å². The average molecular weight is 492 g/mol. The highest BCUT2D eigenvalue weighted by Gasteiger charge is 2.28. The summed E-state index contributed by atoms with van der Waals surface area (Å²) in [6.07, 6.45) is 0. The van der Waals surface area contributed by atoms with E-state index in [-0.39, 0.29) is 10.5 Å². The Morgan fingerprint density at radius 3 is 2.28 bits per heavy atom. The van der Waals surface area contributed by atoms with Crippen molar-refractivity contribution in [2.24, 2.45) is 0 Å². The summed E-state index contributed by atoms with van der Waals surface area (Å²) < 4.78 is 34.2. The Kier molecular flexibility index (Phi) is 7.00. The number of benzene rings is 2. The molecule has 1 N–H and O–H groups in total. The number of sulfonamides is 1. The molecule has 8 heteroatoms. The quantitative estimate of drug-likeness (QED) is 0.378. The normalized spacial score (nSPS) is 13.3. The second kappa shape index (κ2) is 8.79. The third kappa shape index (κ3) is 5.04. The zero-order valence-electron chi connectivity index (χ0n) is 13.1. The van der Waals surface area contributed by atoms with Gasteiger partial charge in [-0.15, -0.1) is 0 Å². The molecular weight excluding hydrogens is 477 g/mol. The molecule has 0 saturated heterocycles. The van der Waals surface area contributed by atoms with Crippen molar-refractivity contribution < 1.29 is 17.9 Å². The van der Waals surface area contributed by atoms with Crippen LogP contribution in [0.3, 0.4) is 0 Å². The fourth-order valence-electron chi connectivity index (χ4n) is 2.13. The van der Waals surface area contributed by atoms with E-state index in [0.29, 0.717) is 10.6 Å². The standard InChI is InChI=1S/C17H15ClINO4S/c1-24-17(21)15(11-19)16(12-7-9-13(18)10-8-12)20-25(22,23)14-5-3-2-4-6-14/h2-11,16,20H,1H3/b15-11-. The van der Waals surface area contributed by atoms with Gasteiger partial charge in [0.25, 0.3) is 0 Å². The Labute approximate surface area is 165 Å². The molecular formula is C17H15ClINO4S. The van der Waals surface area contributed by atoms with Gasteiger partial charge >= 0.3 is 5.97 Å². The first-order chi connectivity index (χ1) is 11.9. The maximum Gasteiger partial charge on any atom is 0.336 e. The zero-order valence-corrected chi connectivity index (χ0v) is 16.9. The van der Waals surface area contributed by atoms with E-state index in [9.17, 15) is 13.2 Å². The molecule has 0 amide bonds. The highest BCUT2D eigenvalue weighted by molar-refractivity contribution is 14.1. The van der Waals surface area contributed by atoms with Gasteiger partial charge in [-0.2, -0.15) is 4.72 Å². The van der Waals surface area contributed by atoms with Gasteiger partial charge in [0.1, 0.15) is 0 Å². The van der Waals surface area contributed by atoms with E-state index in [2.05, 4.69) is 4.72 Å². The second-order valence-corrected chi connectivity index (χ2v) is 7.75. The number of methoxy groups -OCH3 is 1. The van der Waals surface area contributed by atoms with Gasteiger partial charge in [0.05, 0.1) is 23.6 Å². The first-order valence-electron chi connectivity index (χ1n) is 7.10. The summed E-state index contributed by atoms with van der Waals surface area (Å²) in [5.41, 5.74) is 0.738. The molecule has 0 aromatic heterocycles. The maximum absolute atomic E-state index is 12.7. The third-order valence-corrected chi connectivity index (χ3v) is 5.74. The molecule has 2 aromatic rings. The first-order valence-corrected chi connectivity index (χ1v) is 10.2. The van der Waals surface area contributed by atoms with Gasteiger partial charge in [-0.3, -0.25) is 0 Å². The van der Waals surface area contributed by atoms with E-state index in [1.165, 1.54) is 23.3 Å². The minimum absolute atomic E-state index is 0.103. The van der Waals surface area contributed by atoms with Crippen molar-refractivity contribution in [3.8, 4) is 0 Å². The number of carbonyl (C=O) groups excluding carboxylic acids is 1. The van der Waals surface area contributed by atoms with Crippen molar-refractivity contribution in [3.05, 3.63) is 74.8 Å². The molecule has 0 radical (unpaired) electrons. The van der Waals surface area contributed by atoms with Gasteiger partial charge in [0, 0.05) is 5.02 Å². The zero-order chi connectivity index (χ0) is 18.4. The molecule has 2 aromatic carbocycles. The monoisotopic (exact) mass is 491 g/mol. The lowest BCUT2D eigenvalue weighted by Crippen LogP contribution is -2.32. The number of rotatable bonds is 6. The lowest BCUT2D eigenvalue weighted by molar-refractivity contribution is -0.136. The van der Waals surface area contributed by atoms with Gasteiger partial charge in [-0.1, -0.05) is 64.5 Å². The van der Waals surface area contributed by atoms with Crippen molar-refractivity contribution in [1.82, 2.24) is 4.72 Å². The second-order valence-electron chi connectivity index (χ2n) is 4.97. The maximum atomic E-state index is 12.7. The van der Waals surface area contributed by atoms with Crippen LogP contribution in [0.1, 0.15) is 11.6 Å². The smallest absolute Gasteiger partial charge is 0.336 e. The fraction of sp³-hybridized carbons (Fsp3) is 0.118. The molecule has 0 spiro atoms. The highest BCUT2D eigenvalue weighted by atomic mass is 127. The molecule has 0 bridgehead atoms. The number of ether oxygens (including phenoxy) is 1. The van der Waals surface area contributed by atoms with Crippen molar-refractivity contribution in [2.75, 3.05) is 7.11 Å². The van der Waals surface area contributed by atoms with Crippen LogP contribution in [0, 0.1) is 0 Å².